The fourth-order valence-electron chi connectivity index (χ4n) is 3.13. The molecule has 3 nitrogen and oxygen atoms in total. The number of hydrogen-bond donors (Lipinski definition) is 2. The minimum Gasteiger partial charge on any atom is -0.508 e. The summed E-state index contributed by atoms with van der Waals surface area (Å²) < 4.78 is 0. The average molecular weight is 279 g/mol. The lowest BCUT2D eigenvalue weighted by atomic mass is 9.71. The minimum absolute atomic E-state index is 0. The Morgan fingerprint density at radius 2 is 2.10 bits per heavy atom. The SMILES string of the molecule is C.CCN(C)C[C@H]1CCCC[C@]1(O)c1cccc(O)c1. The quantitative estimate of drug-likeness (QED) is 0.888. The largest absolute Gasteiger partial charge is 0.508 e. The monoisotopic (exact) mass is 279 g/mol. The number of aliphatic hydroxyl groups is 1. The van der Waals surface area contributed by atoms with Crippen LogP contribution in [0.1, 0.15) is 45.6 Å². The van der Waals surface area contributed by atoms with Crippen LogP contribution in [0.25, 0.3) is 0 Å². The maximum Gasteiger partial charge on any atom is 0.115 e. The molecule has 0 unspecified atom stereocenters. The molecular formula is C17H29NO2. The first-order valence-corrected chi connectivity index (χ1v) is 7.26. The van der Waals surface area contributed by atoms with Crippen molar-refractivity contribution < 1.29 is 10.2 Å². The van der Waals surface area contributed by atoms with E-state index in [-0.39, 0.29) is 19.1 Å². The fourth-order valence-corrected chi connectivity index (χ4v) is 3.13. The summed E-state index contributed by atoms with van der Waals surface area (Å²) in [5, 5.41) is 20.8. The number of nitrogens with zero attached hydrogens (tertiary/aromatic N) is 1. The maximum atomic E-state index is 11.1. The van der Waals surface area contributed by atoms with Crippen LogP contribution in [0.4, 0.5) is 0 Å². The maximum absolute atomic E-state index is 11.1. The standard InChI is InChI=1S/C16H25NO2.CH4/c1-3-17(2)12-14-7-4-5-10-16(14,19)13-8-6-9-15(18)11-13;/h6,8-9,11,14,18-19H,3-5,7,10,12H2,1-2H3;1H4/t14-,16+;/m1./s1. The van der Waals surface area contributed by atoms with Crippen molar-refractivity contribution in [3.63, 3.8) is 0 Å². The molecule has 1 fully saturated rings. The van der Waals surface area contributed by atoms with E-state index in [1.807, 2.05) is 12.1 Å². The number of phenolic OH excluding ortho intramolecular Hbond substituents is 1. The molecule has 1 aliphatic carbocycles. The van der Waals surface area contributed by atoms with Crippen LogP contribution in [0.5, 0.6) is 5.75 Å². The first kappa shape index (κ1) is 17.0. The van der Waals surface area contributed by atoms with Crippen molar-refractivity contribution >= 4 is 0 Å². The summed E-state index contributed by atoms with van der Waals surface area (Å²) in [5.74, 6) is 0.479. The zero-order valence-electron chi connectivity index (χ0n) is 12.0. The molecule has 1 aliphatic rings. The molecule has 0 heterocycles. The van der Waals surface area contributed by atoms with Crippen molar-refractivity contribution in [2.45, 2.75) is 45.6 Å². The van der Waals surface area contributed by atoms with Crippen LogP contribution in [-0.4, -0.2) is 35.3 Å². The molecule has 1 aromatic carbocycles. The highest BCUT2D eigenvalue weighted by molar-refractivity contribution is 5.32. The summed E-state index contributed by atoms with van der Waals surface area (Å²) in [7, 11) is 2.09. The van der Waals surface area contributed by atoms with E-state index >= 15 is 0 Å². The Bertz CT molecular complexity index is 421. The van der Waals surface area contributed by atoms with Gasteiger partial charge in [0.15, 0.2) is 0 Å². The van der Waals surface area contributed by atoms with Gasteiger partial charge in [-0.05, 0) is 44.1 Å². The van der Waals surface area contributed by atoms with E-state index in [0.717, 1.165) is 37.9 Å². The van der Waals surface area contributed by atoms with Crippen LogP contribution >= 0.6 is 0 Å². The summed E-state index contributed by atoms with van der Waals surface area (Å²) in [4.78, 5) is 2.25. The van der Waals surface area contributed by atoms with Gasteiger partial charge in [0.1, 0.15) is 5.75 Å². The topological polar surface area (TPSA) is 43.7 Å². The van der Waals surface area contributed by atoms with Gasteiger partial charge >= 0.3 is 0 Å². The Kier molecular flexibility index (Phi) is 6.03. The molecule has 20 heavy (non-hydrogen) atoms. The Labute approximate surface area is 123 Å². The fraction of sp³-hybridized carbons (Fsp3) is 0.647. The van der Waals surface area contributed by atoms with Crippen LogP contribution < -0.4 is 0 Å². The third kappa shape index (κ3) is 3.53. The van der Waals surface area contributed by atoms with Gasteiger partial charge in [-0.1, -0.05) is 39.3 Å². The van der Waals surface area contributed by atoms with Crippen molar-refractivity contribution in [2.75, 3.05) is 20.1 Å². The van der Waals surface area contributed by atoms with E-state index in [9.17, 15) is 10.2 Å². The van der Waals surface area contributed by atoms with E-state index in [2.05, 4.69) is 18.9 Å². The van der Waals surface area contributed by atoms with E-state index in [4.69, 9.17) is 0 Å². The lowest BCUT2D eigenvalue weighted by molar-refractivity contribution is -0.0633. The molecule has 0 saturated heterocycles. The molecule has 2 atom stereocenters. The molecule has 3 heteroatoms. The van der Waals surface area contributed by atoms with E-state index < -0.39 is 5.60 Å². The molecule has 0 radical (unpaired) electrons. The average Bonchev–Trinajstić information content (AvgIpc) is 2.41. The molecule has 0 aliphatic heterocycles. The van der Waals surface area contributed by atoms with E-state index in [1.165, 1.54) is 6.42 Å². The highest BCUT2D eigenvalue weighted by Gasteiger charge is 2.40. The normalized spacial score (nSPS) is 26.3. The Balaban J connectivity index is 0.00000200. The molecule has 0 amide bonds. The van der Waals surface area contributed by atoms with Crippen LogP contribution in [0.15, 0.2) is 24.3 Å². The third-order valence-corrected chi connectivity index (χ3v) is 4.45. The molecule has 114 valence electrons. The van der Waals surface area contributed by atoms with Crippen molar-refractivity contribution in [2.24, 2.45) is 5.92 Å². The zero-order chi connectivity index (χ0) is 13.9. The second-order valence-electron chi connectivity index (χ2n) is 5.77. The Hall–Kier alpha value is -1.06. The van der Waals surface area contributed by atoms with Crippen molar-refractivity contribution in [3.05, 3.63) is 29.8 Å². The lowest BCUT2D eigenvalue weighted by Gasteiger charge is -2.42. The van der Waals surface area contributed by atoms with Crippen LogP contribution in [-0.2, 0) is 5.60 Å². The summed E-state index contributed by atoms with van der Waals surface area (Å²) in [5.41, 5.74) is 0.0714. The second kappa shape index (κ2) is 7.09. The molecule has 1 saturated carbocycles. The van der Waals surface area contributed by atoms with Gasteiger partial charge in [-0.15, -0.1) is 0 Å². The highest BCUT2D eigenvalue weighted by atomic mass is 16.3. The number of benzene rings is 1. The molecule has 1 aromatic rings. The zero-order valence-corrected chi connectivity index (χ0v) is 12.0. The summed E-state index contributed by atoms with van der Waals surface area (Å²) in [6, 6.07) is 7.12. The second-order valence-corrected chi connectivity index (χ2v) is 5.77. The molecule has 0 spiro atoms. The Morgan fingerprint density at radius 1 is 1.35 bits per heavy atom. The van der Waals surface area contributed by atoms with Gasteiger partial charge in [0.05, 0.1) is 5.60 Å². The van der Waals surface area contributed by atoms with Crippen LogP contribution in [0.2, 0.25) is 0 Å². The molecule has 0 aromatic heterocycles. The van der Waals surface area contributed by atoms with Crippen molar-refractivity contribution in [1.82, 2.24) is 4.90 Å². The summed E-state index contributed by atoms with van der Waals surface area (Å²) >= 11 is 0. The van der Waals surface area contributed by atoms with Crippen LogP contribution in [0, 0.1) is 5.92 Å². The molecule has 2 rings (SSSR count). The van der Waals surface area contributed by atoms with Crippen LogP contribution in [0.3, 0.4) is 0 Å². The first-order chi connectivity index (χ1) is 9.06. The van der Waals surface area contributed by atoms with Crippen molar-refractivity contribution in [3.8, 4) is 5.75 Å². The number of hydrogen-bond acceptors (Lipinski definition) is 3. The van der Waals surface area contributed by atoms with Gasteiger partial charge in [0, 0.05) is 12.5 Å². The molecule has 2 N–H and O–H groups in total. The number of phenols is 1. The Morgan fingerprint density at radius 3 is 2.75 bits per heavy atom. The number of rotatable bonds is 4. The van der Waals surface area contributed by atoms with Gasteiger partial charge in [0.25, 0.3) is 0 Å². The first-order valence-electron chi connectivity index (χ1n) is 7.26. The van der Waals surface area contributed by atoms with Gasteiger partial charge in [-0.25, -0.2) is 0 Å². The number of aromatic hydroxyl groups is 1. The highest BCUT2D eigenvalue weighted by Crippen LogP contribution is 2.42. The molecular weight excluding hydrogens is 250 g/mol. The summed E-state index contributed by atoms with van der Waals surface area (Å²) in [6.07, 6.45) is 4.08. The predicted molar refractivity (Wildman–Crippen MR) is 83.9 cm³/mol. The third-order valence-electron chi connectivity index (χ3n) is 4.45. The predicted octanol–water partition coefficient (Wildman–Crippen LogP) is 3.36. The molecule has 0 bridgehead atoms. The summed E-state index contributed by atoms with van der Waals surface area (Å²) in [6.45, 7) is 4.03. The van der Waals surface area contributed by atoms with Gasteiger partial charge in [-0.3, -0.25) is 0 Å². The smallest absolute Gasteiger partial charge is 0.115 e. The lowest BCUT2D eigenvalue weighted by Crippen LogP contribution is -2.43. The van der Waals surface area contributed by atoms with Gasteiger partial charge < -0.3 is 15.1 Å². The van der Waals surface area contributed by atoms with E-state index in [1.54, 1.807) is 12.1 Å². The van der Waals surface area contributed by atoms with Gasteiger partial charge in [0.2, 0.25) is 0 Å². The van der Waals surface area contributed by atoms with Crippen molar-refractivity contribution in [1.29, 1.82) is 0 Å². The van der Waals surface area contributed by atoms with Gasteiger partial charge in [-0.2, -0.15) is 0 Å². The van der Waals surface area contributed by atoms with E-state index in [0.29, 0.717) is 0 Å². The minimum atomic E-state index is -0.791.